The average Bonchev–Trinajstić information content (AvgIpc) is 2.65. The van der Waals surface area contributed by atoms with E-state index in [9.17, 15) is 4.79 Å². The number of amides is 1. The summed E-state index contributed by atoms with van der Waals surface area (Å²) in [7, 11) is 0. The number of nitrogens with zero attached hydrogens (tertiary/aromatic N) is 2. The number of carbonyl (C=O) groups is 1. The van der Waals surface area contributed by atoms with Crippen LogP contribution in [0.25, 0.3) is 22.1 Å². The second kappa shape index (κ2) is 8.69. The van der Waals surface area contributed by atoms with Crippen molar-refractivity contribution < 1.29 is 4.79 Å². The van der Waals surface area contributed by atoms with E-state index in [2.05, 4.69) is 15.6 Å². The summed E-state index contributed by atoms with van der Waals surface area (Å²) < 4.78 is 0. The van der Waals surface area contributed by atoms with Gasteiger partial charge in [-0.15, -0.1) is 0 Å². The van der Waals surface area contributed by atoms with Crippen LogP contribution in [0.1, 0.15) is 28.8 Å². The van der Waals surface area contributed by atoms with E-state index in [4.69, 9.17) is 10.7 Å². The van der Waals surface area contributed by atoms with Crippen molar-refractivity contribution in [1.29, 1.82) is 0 Å². The minimum absolute atomic E-state index is 0.111. The van der Waals surface area contributed by atoms with Gasteiger partial charge in [0.05, 0.1) is 22.1 Å². The molecular weight excluding hydrogens is 326 g/mol. The predicted octanol–water partition coefficient (Wildman–Crippen LogP) is 2.15. The number of rotatable bonds is 8. The zero-order valence-corrected chi connectivity index (χ0v) is 15.1. The maximum atomic E-state index is 12.6. The molecular formula is C20H25N5O. The smallest absolute Gasteiger partial charge is 0.253 e. The second-order valence-electron chi connectivity index (χ2n) is 6.34. The first-order chi connectivity index (χ1) is 12.7. The maximum Gasteiger partial charge on any atom is 0.253 e. The van der Waals surface area contributed by atoms with Crippen LogP contribution in [0.15, 0.2) is 36.4 Å². The Bertz CT molecular complexity index is 909. The molecule has 0 spiro atoms. The second-order valence-corrected chi connectivity index (χ2v) is 6.34. The van der Waals surface area contributed by atoms with Gasteiger partial charge in [0.1, 0.15) is 5.52 Å². The molecule has 6 nitrogen and oxygen atoms in total. The Morgan fingerprint density at radius 3 is 2.50 bits per heavy atom. The normalized spacial score (nSPS) is 11.2. The highest BCUT2D eigenvalue weighted by atomic mass is 16.1. The third kappa shape index (κ3) is 4.15. The zero-order valence-electron chi connectivity index (χ0n) is 15.1. The minimum atomic E-state index is -0.111. The number of benzene rings is 2. The highest BCUT2D eigenvalue weighted by Crippen LogP contribution is 2.21. The number of nitrogens with two attached hydrogens (primary N) is 1. The fourth-order valence-corrected chi connectivity index (χ4v) is 2.91. The van der Waals surface area contributed by atoms with Gasteiger partial charge in [0, 0.05) is 6.54 Å². The first-order valence-corrected chi connectivity index (χ1v) is 9.06. The number of aromatic nitrogens is 2. The molecule has 0 fully saturated rings. The number of para-hydroxylation sites is 2. The van der Waals surface area contributed by atoms with E-state index < -0.39 is 0 Å². The summed E-state index contributed by atoms with van der Waals surface area (Å²) in [6, 6.07) is 11.5. The molecule has 0 atom stereocenters. The summed E-state index contributed by atoms with van der Waals surface area (Å²) in [6.45, 7) is 5.09. The monoisotopic (exact) mass is 351 g/mol. The van der Waals surface area contributed by atoms with Crippen molar-refractivity contribution in [3.05, 3.63) is 47.5 Å². The first kappa shape index (κ1) is 18.2. The lowest BCUT2D eigenvalue weighted by atomic mass is 10.1. The number of hydrogen-bond donors (Lipinski definition) is 3. The molecule has 6 heteroatoms. The van der Waals surface area contributed by atoms with E-state index in [0.29, 0.717) is 24.2 Å². The molecule has 0 saturated carbocycles. The van der Waals surface area contributed by atoms with Crippen molar-refractivity contribution in [2.75, 3.05) is 26.2 Å². The summed E-state index contributed by atoms with van der Waals surface area (Å²) in [5.74, 6) is -0.111. The molecule has 0 unspecified atom stereocenters. The topological polar surface area (TPSA) is 92.9 Å². The van der Waals surface area contributed by atoms with Gasteiger partial charge in [0.25, 0.3) is 5.91 Å². The molecule has 4 N–H and O–H groups in total. The van der Waals surface area contributed by atoms with Crippen molar-refractivity contribution in [3.8, 4) is 0 Å². The van der Waals surface area contributed by atoms with Gasteiger partial charge in [-0.05, 0) is 63.2 Å². The average molecular weight is 351 g/mol. The van der Waals surface area contributed by atoms with Gasteiger partial charge >= 0.3 is 0 Å². The standard InChI is InChI=1S/C20H25N5O/c1-14-6-2-8-16-18(14)25-19-15(7-3-9-17(19)24-16)20(26)23-13-5-12-22-11-4-10-21/h2-3,6-9,22H,4-5,10-13,21H2,1H3,(H,23,26). The van der Waals surface area contributed by atoms with Crippen LogP contribution >= 0.6 is 0 Å². The lowest BCUT2D eigenvalue weighted by Gasteiger charge is -2.09. The van der Waals surface area contributed by atoms with E-state index in [1.54, 1.807) is 6.07 Å². The number of fused-ring (bicyclic) bond motifs is 2. The van der Waals surface area contributed by atoms with Gasteiger partial charge in [0.15, 0.2) is 0 Å². The van der Waals surface area contributed by atoms with Gasteiger partial charge in [0.2, 0.25) is 0 Å². The van der Waals surface area contributed by atoms with Gasteiger partial charge in [-0.1, -0.05) is 18.2 Å². The predicted molar refractivity (Wildman–Crippen MR) is 105 cm³/mol. The van der Waals surface area contributed by atoms with Crippen molar-refractivity contribution in [3.63, 3.8) is 0 Å². The quantitative estimate of drug-likeness (QED) is 0.427. The lowest BCUT2D eigenvalue weighted by Crippen LogP contribution is -2.28. The number of carbonyl (C=O) groups excluding carboxylic acids is 1. The summed E-state index contributed by atoms with van der Waals surface area (Å²) in [4.78, 5) is 22.0. The Kier molecular flexibility index (Phi) is 6.09. The van der Waals surface area contributed by atoms with Crippen molar-refractivity contribution >= 4 is 28.0 Å². The van der Waals surface area contributed by atoms with Crippen molar-refractivity contribution in [2.24, 2.45) is 5.73 Å². The fourth-order valence-electron chi connectivity index (χ4n) is 2.91. The summed E-state index contributed by atoms with van der Waals surface area (Å²) in [5, 5.41) is 6.28. The molecule has 0 aliphatic rings. The van der Waals surface area contributed by atoms with Gasteiger partial charge in [-0.25, -0.2) is 9.97 Å². The largest absolute Gasteiger partial charge is 0.352 e. The van der Waals surface area contributed by atoms with Gasteiger partial charge in [-0.2, -0.15) is 0 Å². The molecule has 1 amide bonds. The highest BCUT2D eigenvalue weighted by Gasteiger charge is 2.13. The Hall–Kier alpha value is -2.57. The molecule has 3 aromatic rings. The van der Waals surface area contributed by atoms with Crippen LogP contribution < -0.4 is 16.4 Å². The van der Waals surface area contributed by atoms with Crippen molar-refractivity contribution in [2.45, 2.75) is 19.8 Å². The SMILES string of the molecule is Cc1cccc2nc3cccc(C(=O)NCCCNCCCN)c3nc12. The molecule has 26 heavy (non-hydrogen) atoms. The molecule has 3 rings (SSSR count). The Labute approximate surface area is 153 Å². The van der Waals surface area contributed by atoms with Crippen LogP contribution in [0.5, 0.6) is 0 Å². The Morgan fingerprint density at radius 1 is 0.962 bits per heavy atom. The number of hydrogen-bond acceptors (Lipinski definition) is 5. The summed E-state index contributed by atoms with van der Waals surface area (Å²) in [5.41, 5.74) is 10.1. The Morgan fingerprint density at radius 2 is 1.69 bits per heavy atom. The zero-order chi connectivity index (χ0) is 18.4. The molecule has 136 valence electrons. The van der Waals surface area contributed by atoms with Crippen LogP contribution in [0.2, 0.25) is 0 Å². The molecule has 1 heterocycles. The third-order valence-corrected chi connectivity index (χ3v) is 4.31. The van der Waals surface area contributed by atoms with Crippen LogP contribution in [-0.4, -0.2) is 42.1 Å². The summed E-state index contributed by atoms with van der Waals surface area (Å²) >= 11 is 0. The first-order valence-electron chi connectivity index (χ1n) is 9.06. The van der Waals surface area contributed by atoms with Gasteiger partial charge in [-0.3, -0.25) is 4.79 Å². The van der Waals surface area contributed by atoms with Crippen LogP contribution in [-0.2, 0) is 0 Å². The molecule has 2 aromatic carbocycles. The van der Waals surface area contributed by atoms with E-state index in [-0.39, 0.29) is 5.91 Å². The molecule has 0 aliphatic carbocycles. The number of aryl methyl sites for hydroxylation is 1. The molecule has 0 radical (unpaired) electrons. The van der Waals surface area contributed by atoms with Crippen molar-refractivity contribution in [1.82, 2.24) is 20.6 Å². The molecule has 0 saturated heterocycles. The highest BCUT2D eigenvalue weighted by molar-refractivity contribution is 6.06. The van der Waals surface area contributed by atoms with E-state index in [1.807, 2.05) is 37.3 Å². The Balaban J connectivity index is 1.73. The third-order valence-electron chi connectivity index (χ3n) is 4.31. The minimum Gasteiger partial charge on any atom is -0.352 e. The van der Waals surface area contributed by atoms with Crippen LogP contribution in [0.4, 0.5) is 0 Å². The number of nitrogens with one attached hydrogen (secondary N) is 2. The van der Waals surface area contributed by atoms with Crippen LogP contribution in [0.3, 0.4) is 0 Å². The van der Waals surface area contributed by atoms with E-state index in [0.717, 1.165) is 48.0 Å². The van der Waals surface area contributed by atoms with E-state index in [1.165, 1.54) is 0 Å². The van der Waals surface area contributed by atoms with Crippen LogP contribution in [0, 0.1) is 6.92 Å². The van der Waals surface area contributed by atoms with Gasteiger partial charge < -0.3 is 16.4 Å². The lowest BCUT2D eigenvalue weighted by molar-refractivity contribution is 0.0954. The fraction of sp³-hybridized carbons (Fsp3) is 0.350. The molecule has 0 bridgehead atoms. The summed E-state index contributed by atoms with van der Waals surface area (Å²) in [6.07, 6.45) is 1.84. The molecule has 1 aromatic heterocycles. The maximum absolute atomic E-state index is 12.6. The molecule has 0 aliphatic heterocycles. The van der Waals surface area contributed by atoms with E-state index >= 15 is 0 Å².